The van der Waals surface area contributed by atoms with Crippen molar-refractivity contribution in [3.05, 3.63) is 45.5 Å². The molecule has 27 heavy (non-hydrogen) atoms. The maximum absolute atomic E-state index is 12.1. The van der Waals surface area contributed by atoms with Crippen LogP contribution in [0.15, 0.2) is 39.7 Å². The van der Waals surface area contributed by atoms with Crippen LogP contribution in [-0.4, -0.2) is 46.0 Å². The number of aromatic nitrogens is 1. The van der Waals surface area contributed by atoms with Crippen molar-refractivity contribution in [1.29, 1.82) is 0 Å². The van der Waals surface area contributed by atoms with Crippen molar-refractivity contribution in [2.45, 2.75) is 10.6 Å². The van der Waals surface area contributed by atoms with E-state index < -0.39 is 10.0 Å². The second kappa shape index (κ2) is 12.0. The number of pyridine rings is 1. The molecule has 2 heterocycles. The number of nitrogens with zero attached hydrogens (tertiary/aromatic N) is 2. The van der Waals surface area contributed by atoms with Crippen molar-refractivity contribution >= 4 is 74.5 Å². The molecule has 0 aromatic carbocycles. The molecule has 0 spiro atoms. The summed E-state index contributed by atoms with van der Waals surface area (Å²) in [5.41, 5.74) is 1.06. The molecule has 2 aromatic rings. The van der Waals surface area contributed by atoms with Crippen LogP contribution in [0.5, 0.6) is 0 Å². The number of nitrogens with one attached hydrogen (secondary N) is 3. The lowest BCUT2D eigenvalue weighted by molar-refractivity contribution is 0.582. The van der Waals surface area contributed by atoms with Gasteiger partial charge >= 0.3 is 0 Å². The summed E-state index contributed by atoms with van der Waals surface area (Å²) in [4.78, 5) is 8.12. The summed E-state index contributed by atoms with van der Waals surface area (Å²) < 4.78 is 27.3. The lowest BCUT2D eigenvalue weighted by Gasteiger charge is -2.12. The van der Waals surface area contributed by atoms with E-state index in [9.17, 15) is 8.42 Å². The van der Waals surface area contributed by atoms with E-state index in [0.29, 0.717) is 28.5 Å². The SMILES string of the molecule is CN=C(NCCNS(=O)(=O)c1ccc(Cl)s1)NCCc1ccc(Cl)nc1.I. The Morgan fingerprint density at radius 2 is 1.89 bits per heavy atom. The van der Waals surface area contributed by atoms with Gasteiger partial charge in [-0.15, -0.1) is 35.3 Å². The molecule has 0 aliphatic rings. The van der Waals surface area contributed by atoms with Crippen LogP contribution >= 0.6 is 58.5 Å². The summed E-state index contributed by atoms with van der Waals surface area (Å²) >= 11 is 12.5. The van der Waals surface area contributed by atoms with Gasteiger partial charge in [0.15, 0.2) is 5.96 Å². The molecule has 150 valence electrons. The summed E-state index contributed by atoms with van der Waals surface area (Å²) in [6, 6.07) is 6.70. The van der Waals surface area contributed by atoms with Crippen molar-refractivity contribution in [1.82, 2.24) is 20.3 Å². The molecule has 0 radical (unpaired) electrons. The highest BCUT2D eigenvalue weighted by molar-refractivity contribution is 14.0. The van der Waals surface area contributed by atoms with Gasteiger partial charge in [-0.05, 0) is 30.2 Å². The molecular formula is C15H20Cl2IN5O2S2. The molecule has 2 rings (SSSR count). The van der Waals surface area contributed by atoms with Crippen LogP contribution in [0.3, 0.4) is 0 Å². The molecule has 2 aromatic heterocycles. The van der Waals surface area contributed by atoms with Crippen LogP contribution in [0.25, 0.3) is 0 Å². The fourth-order valence-corrected chi connectivity index (χ4v) is 4.65. The molecule has 0 aliphatic heterocycles. The minimum absolute atomic E-state index is 0. The third-order valence-corrected chi connectivity index (χ3v) is 6.65. The van der Waals surface area contributed by atoms with E-state index in [1.807, 2.05) is 6.07 Å². The Bertz CT molecular complexity index is 844. The van der Waals surface area contributed by atoms with Gasteiger partial charge in [0.2, 0.25) is 10.0 Å². The number of sulfonamides is 1. The normalized spacial score (nSPS) is 11.7. The molecule has 0 saturated carbocycles. The zero-order valence-corrected chi connectivity index (χ0v) is 19.9. The second-order valence-electron chi connectivity index (χ2n) is 5.12. The molecule has 12 heteroatoms. The van der Waals surface area contributed by atoms with Crippen LogP contribution in [0.2, 0.25) is 9.49 Å². The van der Waals surface area contributed by atoms with Crippen LogP contribution in [0, 0.1) is 0 Å². The predicted octanol–water partition coefficient (Wildman–Crippen LogP) is 2.75. The topological polar surface area (TPSA) is 95.5 Å². The first-order valence-corrected chi connectivity index (χ1v) is 10.8. The Labute approximate surface area is 190 Å². The summed E-state index contributed by atoms with van der Waals surface area (Å²) in [5, 5.41) is 6.66. The Morgan fingerprint density at radius 1 is 1.15 bits per heavy atom. The fourth-order valence-electron chi connectivity index (χ4n) is 1.98. The molecule has 0 saturated heterocycles. The Hall–Kier alpha value is -0.660. The summed E-state index contributed by atoms with van der Waals surface area (Å²) in [7, 11) is -1.88. The number of hydrogen-bond acceptors (Lipinski definition) is 5. The zero-order valence-electron chi connectivity index (χ0n) is 14.4. The highest BCUT2D eigenvalue weighted by atomic mass is 127. The van der Waals surface area contributed by atoms with Gasteiger partial charge in [0.05, 0.1) is 4.34 Å². The highest BCUT2D eigenvalue weighted by Crippen LogP contribution is 2.25. The van der Waals surface area contributed by atoms with Gasteiger partial charge in [0, 0.05) is 32.9 Å². The number of thiophene rings is 1. The summed E-state index contributed by atoms with van der Waals surface area (Å²) in [5.74, 6) is 0.588. The Kier molecular flexibility index (Phi) is 10.9. The number of hydrogen-bond donors (Lipinski definition) is 3. The average molecular weight is 564 g/mol. The standard InChI is InChI=1S/C15H19Cl2N5O2S2.HI/c1-18-15(19-7-6-11-2-3-12(16)21-10-11)20-8-9-22-26(23,24)14-5-4-13(17)25-14;/h2-5,10,22H,6-9H2,1H3,(H2,18,19,20);1H. The highest BCUT2D eigenvalue weighted by Gasteiger charge is 2.15. The van der Waals surface area contributed by atoms with Gasteiger partial charge in [-0.2, -0.15) is 0 Å². The molecule has 0 amide bonds. The largest absolute Gasteiger partial charge is 0.356 e. The number of guanidine groups is 1. The fraction of sp³-hybridized carbons (Fsp3) is 0.333. The first-order chi connectivity index (χ1) is 12.4. The summed E-state index contributed by atoms with van der Waals surface area (Å²) in [6.07, 6.45) is 2.49. The van der Waals surface area contributed by atoms with Gasteiger partial charge in [-0.25, -0.2) is 18.1 Å². The second-order valence-corrected chi connectivity index (χ2v) is 9.22. The molecular weight excluding hydrogens is 544 g/mol. The monoisotopic (exact) mass is 563 g/mol. The number of aliphatic imine (C=N–C) groups is 1. The van der Waals surface area contributed by atoms with Gasteiger partial charge in [-0.1, -0.05) is 29.3 Å². The van der Waals surface area contributed by atoms with Crippen molar-refractivity contribution in [2.75, 3.05) is 26.7 Å². The molecule has 0 fully saturated rings. The van der Waals surface area contributed by atoms with Gasteiger partial charge in [0.25, 0.3) is 0 Å². The summed E-state index contributed by atoms with van der Waals surface area (Å²) in [6.45, 7) is 1.27. The van der Waals surface area contributed by atoms with E-state index in [1.54, 1.807) is 25.4 Å². The van der Waals surface area contributed by atoms with E-state index in [0.717, 1.165) is 23.3 Å². The van der Waals surface area contributed by atoms with E-state index in [-0.39, 0.29) is 34.7 Å². The molecule has 0 unspecified atom stereocenters. The van der Waals surface area contributed by atoms with Gasteiger partial charge in [0.1, 0.15) is 9.36 Å². The number of rotatable bonds is 8. The van der Waals surface area contributed by atoms with Crippen LogP contribution in [-0.2, 0) is 16.4 Å². The van der Waals surface area contributed by atoms with E-state index in [1.165, 1.54) is 6.07 Å². The molecule has 3 N–H and O–H groups in total. The molecule has 0 bridgehead atoms. The minimum atomic E-state index is -3.53. The quantitative estimate of drug-likeness (QED) is 0.151. The van der Waals surface area contributed by atoms with Crippen molar-refractivity contribution in [3.8, 4) is 0 Å². The van der Waals surface area contributed by atoms with Crippen LogP contribution in [0.1, 0.15) is 5.56 Å². The maximum Gasteiger partial charge on any atom is 0.250 e. The first kappa shape index (κ1) is 24.4. The Morgan fingerprint density at radius 3 is 2.48 bits per heavy atom. The first-order valence-electron chi connectivity index (χ1n) is 7.70. The van der Waals surface area contributed by atoms with Crippen LogP contribution < -0.4 is 15.4 Å². The molecule has 0 atom stereocenters. The average Bonchev–Trinajstić information content (AvgIpc) is 3.06. The maximum atomic E-state index is 12.1. The molecule has 7 nitrogen and oxygen atoms in total. The van der Waals surface area contributed by atoms with E-state index in [4.69, 9.17) is 23.2 Å². The van der Waals surface area contributed by atoms with E-state index in [2.05, 4.69) is 25.3 Å². The van der Waals surface area contributed by atoms with Gasteiger partial charge < -0.3 is 10.6 Å². The lowest BCUT2D eigenvalue weighted by atomic mass is 10.2. The van der Waals surface area contributed by atoms with Gasteiger partial charge in [-0.3, -0.25) is 4.99 Å². The van der Waals surface area contributed by atoms with Crippen molar-refractivity contribution < 1.29 is 8.42 Å². The zero-order chi connectivity index (χ0) is 19.0. The van der Waals surface area contributed by atoms with Crippen LogP contribution in [0.4, 0.5) is 0 Å². The third-order valence-electron chi connectivity index (χ3n) is 3.24. The number of halogens is 3. The van der Waals surface area contributed by atoms with Crippen molar-refractivity contribution in [2.24, 2.45) is 4.99 Å². The molecule has 0 aliphatic carbocycles. The lowest BCUT2D eigenvalue weighted by Crippen LogP contribution is -2.42. The van der Waals surface area contributed by atoms with Crippen molar-refractivity contribution in [3.63, 3.8) is 0 Å². The Balaban J connectivity index is 0.00000364. The van der Waals surface area contributed by atoms with E-state index >= 15 is 0 Å². The predicted molar refractivity (Wildman–Crippen MR) is 122 cm³/mol. The third kappa shape index (κ3) is 8.48. The smallest absolute Gasteiger partial charge is 0.250 e. The minimum Gasteiger partial charge on any atom is -0.356 e.